The molecule has 5 nitrogen and oxygen atoms in total. The third kappa shape index (κ3) is 3.57. The van der Waals surface area contributed by atoms with Crippen LogP contribution in [0.4, 0.5) is 0 Å². The third-order valence-corrected chi connectivity index (χ3v) is 4.71. The van der Waals surface area contributed by atoms with Crippen LogP contribution in [-0.2, 0) is 11.3 Å². The Morgan fingerprint density at radius 3 is 2.79 bits per heavy atom. The van der Waals surface area contributed by atoms with Crippen molar-refractivity contribution >= 4 is 11.7 Å². The Balaban J connectivity index is 1.89. The second kappa shape index (κ2) is 8.15. The van der Waals surface area contributed by atoms with Crippen LogP contribution in [0.1, 0.15) is 53.1 Å². The Labute approximate surface area is 170 Å². The quantitative estimate of drug-likeness (QED) is 0.502. The fourth-order valence-electron chi connectivity index (χ4n) is 3.41. The van der Waals surface area contributed by atoms with Gasteiger partial charge in [0.15, 0.2) is 5.69 Å². The predicted molar refractivity (Wildman–Crippen MR) is 112 cm³/mol. The van der Waals surface area contributed by atoms with Crippen molar-refractivity contribution < 1.29 is 9.53 Å². The number of carbonyl (C=O) groups is 1. The monoisotopic (exact) mass is 383 g/mol. The Morgan fingerprint density at radius 2 is 2.03 bits per heavy atom. The van der Waals surface area contributed by atoms with Gasteiger partial charge in [-0.25, -0.2) is 9.78 Å². The van der Waals surface area contributed by atoms with E-state index in [2.05, 4.69) is 16.8 Å². The molecule has 0 atom stereocenters. The van der Waals surface area contributed by atoms with Gasteiger partial charge >= 0.3 is 5.97 Å². The van der Waals surface area contributed by atoms with Crippen LogP contribution < -0.4 is 0 Å². The van der Waals surface area contributed by atoms with Crippen LogP contribution >= 0.6 is 0 Å². The molecule has 29 heavy (non-hydrogen) atoms. The average Bonchev–Trinajstić information content (AvgIpc) is 3.10. The number of aromatic nitrogens is 2. The van der Waals surface area contributed by atoms with Crippen molar-refractivity contribution in [3.8, 4) is 17.5 Å². The van der Waals surface area contributed by atoms with E-state index in [0.29, 0.717) is 18.8 Å². The molecule has 0 bridgehead atoms. The van der Waals surface area contributed by atoms with Crippen LogP contribution in [-0.4, -0.2) is 27.8 Å². The van der Waals surface area contributed by atoms with Gasteiger partial charge in [-0.1, -0.05) is 43.2 Å². The standard InChI is InChI=1S/C24H21N3O2/c1-3-8-17-11-12-20-19(14-17)22(18-9-6-5-7-10-18)25-15-21-23(26-16-27(20)21)24(28)29-13-4-2/h5-7,9-12,14,16H,4,13,15H2,1-2H3. The minimum absolute atomic E-state index is 0.319. The fraction of sp³-hybridized carbons (Fsp3) is 0.208. The molecule has 144 valence electrons. The van der Waals surface area contributed by atoms with Crippen LogP contribution in [0, 0.1) is 11.8 Å². The molecule has 2 heterocycles. The molecule has 0 saturated carbocycles. The first kappa shape index (κ1) is 18.7. The average molecular weight is 383 g/mol. The first-order valence-electron chi connectivity index (χ1n) is 9.63. The number of benzene rings is 2. The Kier molecular flexibility index (Phi) is 5.26. The molecular formula is C24H21N3O2. The normalized spacial score (nSPS) is 12.0. The number of fused-ring (bicyclic) bond motifs is 3. The Bertz CT molecular complexity index is 1150. The summed E-state index contributed by atoms with van der Waals surface area (Å²) in [4.78, 5) is 21.7. The molecule has 1 aliphatic rings. The SMILES string of the molecule is CC#Cc1ccc2c(c1)C(c1ccccc1)=NCc1c(C(=O)OCCC)ncn1-2. The molecule has 0 radical (unpaired) electrons. The van der Waals surface area contributed by atoms with Crippen LogP contribution in [0.3, 0.4) is 0 Å². The summed E-state index contributed by atoms with van der Waals surface area (Å²) in [6, 6.07) is 16.1. The summed E-state index contributed by atoms with van der Waals surface area (Å²) < 4.78 is 7.24. The van der Waals surface area contributed by atoms with Gasteiger partial charge in [-0.15, -0.1) is 5.92 Å². The number of aliphatic imine (C=N–C) groups is 1. The molecular weight excluding hydrogens is 362 g/mol. The number of rotatable bonds is 4. The molecule has 5 heteroatoms. The van der Waals surface area contributed by atoms with Crippen molar-refractivity contribution in [2.24, 2.45) is 4.99 Å². The van der Waals surface area contributed by atoms with Crippen LogP contribution in [0.5, 0.6) is 0 Å². The zero-order valence-electron chi connectivity index (χ0n) is 16.5. The minimum Gasteiger partial charge on any atom is -0.461 e. The molecule has 2 aromatic carbocycles. The molecule has 1 aromatic heterocycles. The number of hydrogen-bond acceptors (Lipinski definition) is 4. The lowest BCUT2D eigenvalue weighted by molar-refractivity contribution is 0.0497. The maximum absolute atomic E-state index is 12.5. The molecule has 0 spiro atoms. The molecule has 0 fully saturated rings. The van der Waals surface area contributed by atoms with Gasteiger partial charge in [0.25, 0.3) is 0 Å². The Hall–Kier alpha value is -3.65. The van der Waals surface area contributed by atoms with Crippen molar-refractivity contribution in [1.82, 2.24) is 9.55 Å². The highest BCUT2D eigenvalue weighted by Gasteiger charge is 2.25. The minimum atomic E-state index is -0.408. The molecule has 0 aliphatic carbocycles. The van der Waals surface area contributed by atoms with Crippen molar-refractivity contribution in [3.05, 3.63) is 82.9 Å². The maximum Gasteiger partial charge on any atom is 0.358 e. The number of imidazole rings is 1. The van der Waals surface area contributed by atoms with E-state index < -0.39 is 5.97 Å². The highest BCUT2D eigenvalue weighted by molar-refractivity contribution is 6.15. The molecule has 0 amide bonds. The number of ether oxygens (including phenoxy) is 1. The summed E-state index contributed by atoms with van der Waals surface area (Å²) in [5.41, 5.74) is 5.74. The van der Waals surface area contributed by atoms with Crippen LogP contribution in [0.2, 0.25) is 0 Å². The maximum atomic E-state index is 12.5. The zero-order chi connectivity index (χ0) is 20.2. The third-order valence-electron chi connectivity index (χ3n) is 4.71. The Morgan fingerprint density at radius 1 is 1.21 bits per heavy atom. The largest absolute Gasteiger partial charge is 0.461 e. The molecule has 0 saturated heterocycles. The van der Waals surface area contributed by atoms with Gasteiger partial charge in [-0.3, -0.25) is 9.56 Å². The summed E-state index contributed by atoms with van der Waals surface area (Å²) in [6.45, 7) is 4.49. The van der Waals surface area contributed by atoms with Gasteiger partial charge in [-0.2, -0.15) is 0 Å². The highest BCUT2D eigenvalue weighted by Crippen LogP contribution is 2.27. The van der Waals surface area contributed by atoms with Crippen LogP contribution in [0.15, 0.2) is 59.9 Å². The van der Waals surface area contributed by atoms with Crippen molar-refractivity contribution in [2.45, 2.75) is 26.8 Å². The lowest BCUT2D eigenvalue weighted by Gasteiger charge is -2.12. The fourth-order valence-corrected chi connectivity index (χ4v) is 3.41. The number of hydrogen-bond donors (Lipinski definition) is 0. The van der Waals surface area contributed by atoms with E-state index in [1.54, 1.807) is 6.33 Å². The summed E-state index contributed by atoms with van der Waals surface area (Å²) in [6.07, 6.45) is 2.44. The van der Waals surface area contributed by atoms with Crippen LogP contribution in [0.25, 0.3) is 5.69 Å². The smallest absolute Gasteiger partial charge is 0.358 e. The van der Waals surface area contributed by atoms with E-state index in [-0.39, 0.29) is 0 Å². The molecule has 0 unspecified atom stereocenters. The van der Waals surface area contributed by atoms with E-state index in [4.69, 9.17) is 9.73 Å². The number of nitrogens with zero attached hydrogens (tertiary/aromatic N) is 3. The van der Waals surface area contributed by atoms with Crippen molar-refractivity contribution in [2.75, 3.05) is 6.61 Å². The predicted octanol–water partition coefficient (Wildman–Crippen LogP) is 4.16. The molecule has 0 N–H and O–H groups in total. The topological polar surface area (TPSA) is 56.5 Å². The zero-order valence-corrected chi connectivity index (χ0v) is 16.5. The number of esters is 1. The summed E-state index contributed by atoms with van der Waals surface area (Å²) in [7, 11) is 0. The van der Waals surface area contributed by atoms with Gasteiger partial charge in [0.2, 0.25) is 0 Å². The second-order valence-electron chi connectivity index (χ2n) is 6.68. The summed E-state index contributed by atoms with van der Waals surface area (Å²) in [5, 5.41) is 0. The van der Waals surface area contributed by atoms with E-state index in [0.717, 1.165) is 40.2 Å². The van der Waals surface area contributed by atoms with Crippen molar-refractivity contribution in [3.63, 3.8) is 0 Å². The molecule has 3 aromatic rings. The van der Waals surface area contributed by atoms with Gasteiger partial charge in [0.1, 0.15) is 6.33 Å². The second-order valence-corrected chi connectivity index (χ2v) is 6.68. The van der Waals surface area contributed by atoms with Crippen molar-refractivity contribution in [1.29, 1.82) is 0 Å². The molecule has 4 rings (SSSR count). The van der Waals surface area contributed by atoms with Gasteiger partial charge < -0.3 is 4.74 Å². The highest BCUT2D eigenvalue weighted by atomic mass is 16.5. The van der Waals surface area contributed by atoms with Gasteiger partial charge in [0, 0.05) is 16.7 Å². The van der Waals surface area contributed by atoms with Gasteiger partial charge in [-0.05, 0) is 31.5 Å². The number of carbonyl (C=O) groups excluding carboxylic acids is 1. The van der Waals surface area contributed by atoms with E-state index in [1.165, 1.54) is 0 Å². The first-order chi connectivity index (χ1) is 14.2. The van der Waals surface area contributed by atoms with E-state index in [1.807, 2.05) is 66.9 Å². The van der Waals surface area contributed by atoms with Gasteiger partial charge in [0.05, 0.1) is 30.2 Å². The lowest BCUT2D eigenvalue weighted by atomic mass is 9.98. The first-order valence-corrected chi connectivity index (χ1v) is 9.63. The van der Waals surface area contributed by atoms with E-state index in [9.17, 15) is 4.79 Å². The summed E-state index contributed by atoms with van der Waals surface area (Å²) in [5.74, 6) is 5.66. The molecule has 1 aliphatic heterocycles. The van der Waals surface area contributed by atoms with E-state index >= 15 is 0 Å². The lowest BCUT2D eigenvalue weighted by Crippen LogP contribution is -2.10. The summed E-state index contributed by atoms with van der Waals surface area (Å²) >= 11 is 0.